The number of benzene rings is 2. The summed E-state index contributed by atoms with van der Waals surface area (Å²) in [5.74, 6) is 0. The molecule has 0 saturated heterocycles. The summed E-state index contributed by atoms with van der Waals surface area (Å²) >= 11 is 0. The Morgan fingerprint density at radius 1 is 0.833 bits per heavy atom. The van der Waals surface area contributed by atoms with Crippen molar-refractivity contribution < 1.29 is 13.2 Å². The lowest BCUT2D eigenvalue weighted by atomic mass is 9.95. The molecule has 0 heterocycles. The molecule has 1 nitrogen and oxygen atoms in total. The summed E-state index contributed by atoms with van der Waals surface area (Å²) < 4.78 is 38.1. The highest BCUT2D eigenvalue weighted by Gasteiger charge is 2.38. The summed E-state index contributed by atoms with van der Waals surface area (Å²) in [5, 5.41) is 0. The van der Waals surface area contributed by atoms with Crippen molar-refractivity contribution in [3.63, 3.8) is 0 Å². The van der Waals surface area contributed by atoms with Gasteiger partial charge in [-0.3, -0.25) is 0 Å². The van der Waals surface area contributed by atoms with E-state index in [1.807, 2.05) is 6.07 Å². The van der Waals surface area contributed by atoms with Crippen molar-refractivity contribution in [2.24, 2.45) is 5.73 Å². The molecule has 0 saturated carbocycles. The van der Waals surface area contributed by atoms with Crippen LogP contribution in [0, 0.1) is 0 Å². The van der Waals surface area contributed by atoms with E-state index in [1.165, 1.54) is 6.07 Å². The van der Waals surface area contributed by atoms with Crippen LogP contribution < -0.4 is 5.73 Å². The van der Waals surface area contributed by atoms with Crippen LogP contribution in [0.3, 0.4) is 0 Å². The molecule has 18 heavy (non-hydrogen) atoms. The standard InChI is InChI=1S/C14H12F3N/c15-14(16,17)13(18)12-9-5-4-8-11(12)10-6-2-1-3-7-10/h1-9,13H,18H2/t13-/m1/s1. The molecule has 4 heteroatoms. The zero-order valence-corrected chi connectivity index (χ0v) is 9.48. The molecule has 0 unspecified atom stereocenters. The van der Waals surface area contributed by atoms with Crippen molar-refractivity contribution in [1.82, 2.24) is 0 Å². The lowest BCUT2D eigenvalue weighted by Gasteiger charge is -2.19. The molecule has 0 fully saturated rings. The molecule has 94 valence electrons. The van der Waals surface area contributed by atoms with E-state index in [-0.39, 0.29) is 5.56 Å². The zero-order chi connectivity index (χ0) is 13.2. The third kappa shape index (κ3) is 2.54. The summed E-state index contributed by atoms with van der Waals surface area (Å²) in [6.45, 7) is 0. The molecule has 2 N–H and O–H groups in total. The lowest BCUT2D eigenvalue weighted by Crippen LogP contribution is -2.28. The molecule has 0 aliphatic heterocycles. The average molecular weight is 251 g/mol. The summed E-state index contributed by atoms with van der Waals surface area (Å²) in [6, 6.07) is 13.3. The van der Waals surface area contributed by atoms with Crippen molar-refractivity contribution in [1.29, 1.82) is 0 Å². The van der Waals surface area contributed by atoms with Crippen molar-refractivity contribution >= 4 is 0 Å². The Morgan fingerprint density at radius 2 is 1.39 bits per heavy atom. The van der Waals surface area contributed by atoms with Crippen LogP contribution in [0.2, 0.25) is 0 Å². The second-order valence-corrected chi connectivity index (χ2v) is 3.97. The zero-order valence-electron chi connectivity index (χ0n) is 9.48. The molecule has 0 spiro atoms. The monoisotopic (exact) mass is 251 g/mol. The number of halogens is 3. The highest BCUT2D eigenvalue weighted by molar-refractivity contribution is 5.68. The molecule has 1 atom stereocenters. The third-order valence-electron chi connectivity index (χ3n) is 2.73. The molecule has 0 aliphatic carbocycles. The maximum absolute atomic E-state index is 12.7. The first kappa shape index (κ1) is 12.6. The van der Waals surface area contributed by atoms with Crippen LogP contribution in [-0.4, -0.2) is 6.18 Å². The fourth-order valence-electron chi connectivity index (χ4n) is 1.83. The second kappa shape index (κ2) is 4.82. The van der Waals surface area contributed by atoms with Gasteiger partial charge >= 0.3 is 6.18 Å². The predicted octanol–water partition coefficient (Wildman–Crippen LogP) is 3.92. The topological polar surface area (TPSA) is 26.0 Å². The van der Waals surface area contributed by atoms with Crippen molar-refractivity contribution in [2.75, 3.05) is 0 Å². The Morgan fingerprint density at radius 3 is 2.00 bits per heavy atom. The molecule has 0 aromatic heterocycles. The summed E-state index contributed by atoms with van der Waals surface area (Å²) in [5.41, 5.74) is 6.62. The second-order valence-electron chi connectivity index (χ2n) is 3.97. The first-order chi connectivity index (χ1) is 8.50. The Kier molecular flexibility index (Phi) is 3.39. The number of nitrogens with two attached hydrogens (primary N) is 1. The fraction of sp³-hybridized carbons (Fsp3) is 0.143. The van der Waals surface area contributed by atoms with Crippen LogP contribution in [0.4, 0.5) is 13.2 Å². The molecular formula is C14H12F3N. The van der Waals surface area contributed by atoms with Gasteiger partial charge in [0.25, 0.3) is 0 Å². The molecule has 0 amide bonds. The summed E-state index contributed by atoms with van der Waals surface area (Å²) in [6.07, 6.45) is -4.44. The van der Waals surface area contributed by atoms with Crippen molar-refractivity contribution in [2.45, 2.75) is 12.2 Å². The molecule has 2 aromatic carbocycles. The van der Waals surface area contributed by atoms with Crippen LogP contribution in [0.25, 0.3) is 11.1 Å². The largest absolute Gasteiger partial charge is 0.407 e. The Balaban J connectivity index is 2.51. The van der Waals surface area contributed by atoms with Gasteiger partial charge in [-0.25, -0.2) is 0 Å². The SMILES string of the molecule is N[C@H](c1ccccc1-c1ccccc1)C(F)(F)F. The lowest BCUT2D eigenvalue weighted by molar-refractivity contribution is -0.149. The van der Waals surface area contributed by atoms with Crippen molar-refractivity contribution in [3.8, 4) is 11.1 Å². The number of rotatable bonds is 2. The molecule has 0 bridgehead atoms. The van der Waals surface area contributed by atoms with Gasteiger partial charge in [-0.1, -0.05) is 54.6 Å². The van der Waals surface area contributed by atoms with E-state index >= 15 is 0 Å². The number of hydrogen-bond donors (Lipinski definition) is 1. The molecule has 2 aromatic rings. The number of hydrogen-bond acceptors (Lipinski definition) is 1. The normalized spacial score (nSPS) is 13.3. The first-order valence-electron chi connectivity index (χ1n) is 5.47. The highest BCUT2D eigenvalue weighted by atomic mass is 19.4. The van der Waals surface area contributed by atoms with Crippen LogP contribution in [-0.2, 0) is 0 Å². The quantitative estimate of drug-likeness (QED) is 0.860. The minimum Gasteiger partial charge on any atom is -0.316 e. The Labute approximate surface area is 103 Å². The summed E-state index contributed by atoms with van der Waals surface area (Å²) in [4.78, 5) is 0. The molecule has 0 radical (unpaired) electrons. The minimum absolute atomic E-state index is 0.0937. The van der Waals surface area contributed by atoms with E-state index in [0.717, 1.165) is 5.56 Å². The van der Waals surface area contributed by atoms with Gasteiger partial charge in [-0.05, 0) is 16.7 Å². The smallest absolute Gasteiger partial charge is 0.316 e. The van der Waals surface area contributed by atoms with E-state index in [9.17, 15) is 13.2 Å². The Bertz CT molecular complexity index is 520. The highest BCUT2D eigenvalue weighted by Crippen LogP contribution is 2.35. The van der Waals surface area contributed by atoms with Gasteiger partial charge in [0.1, 0.15) is 6.04 Å². The molecule has 2 rings (SSSR count). The predicted molar refractivity (Wildman–Crippen MR) is 64.9 cm³/mol. The van der Waals surface area contributed by atoms with Crippen LogP contribution >= 0.6 is 0 Å². The van der Waals surface area contributed by atoms with E-state index in [0.29, 0.717) is 5.56 Å². The Hall–Kier alpha value is -1.81. The van der Waals surface area contributed by atoms with E-state index in [2.05, 4.69) is 0 Å². The summed E-state index contributed by atoms with van der Waals surface area (Å²) in [7, 11) is 0. The van der Waals surface area contributed by atoms with Gasteiger partial charge in [0.05, 0.1) is 0 Å². The number of alkyl halides is 3. The van der Waals surface area contributed by atoms with Crippen molar-refractivity contribution in [3.05, 3.63) is 60.2 Å². The van der Waals surface area contributed by atoms with Crippen LogP contribution in [0.15, 0.2) is 54.6 Å². The van der Waals surface area contributed by atoms with E-state index in [1.54, 1.807) is 42.5 Å². The van der Waals surface area contributed by atoms with Crippen LogP contribution in [0.1, 0.15) is 11.6 Å². The minimum atomic E-state index is -4.44. The molecular weight excluding hydrogens is 239 g/mol. The van der Waals surface area contributed by atoms with E-state index in [4.69, 9.17) is 5.73 Å². The third-order valence-corrected chi connectivity index (χ3v) is 2.73. The first-order valence-corrected chi connectivity index (χ1v) is 5.47. The van der Waals surface area contributed by atoms with Gasteiger partial charge < -0.3 is 5.73 Å². The fourth-order valence-corrected chi connectivity index (χ4v) is 1.83. The maximum atomic E-state index is 12.7. The van der Waals surface area contributed by atoms with Crippen LogP contribution in [0.5, 0.6) is 0 Å². The van der Waals surface area contributed by atoms with Gasteiger partial charge in [0.2, 0.25) is 0 Å². The molecule has 0 aliphatic rings. The van der Waals surface area contributed by atoms with E-state index < -0.39 is 12.2 Å². The maximum Gasteiger partial charge on any atom is 0.407 e. The van der Waals surface area contributed by atoms with Gasteiger partial charge in [0.15, 0.2) is 0 Å². The van der Waals surface area contributed by atoms with Gasteiger partial charge in [-0.15, -0.1) is 0 Å². The van der Waals surface area contributed by atoms with Gasteiger partial charge in [0, 0.05) is 0 Å². The van der Waals surface area contributed by atoms with Gasteiger partial charge in [-0.2, -0.15) is 13.2 Å². The average Bonchev–Trinajstić information content (AvgIpc) is 2.38.